The van der Waals surface area contributed by atoms with Crippen molar-refractivity contribution in [3.63, 3.8) is 0 Å². The highest BCUT2D eigenvalue weighted by atomic mass is 16.6. The second kappa shape index (κ2) is 53.5. The molecule has 0 saturated carbocycles. The van der Waals surface area contributed by atoms with Crippen molar-refractivity contribution in [3.05, 3.63) is 72.9 Å². The zero-order valence-electron chi connectivity index (χ0n) is 42.7. The van der Waals surface area contributed by atoms with Crippen LogP contribution < -0.4 is 0 Å². The summed E-state index contributed by atoms with van der Waals surface area (Å²) in [5.41, 5.74) is 0. The first-order valence-electron chi connectivity index (χ1n) is 27.4. The van der Waals surface area contributed by atoms with Crippen LogP contribution >= 0.6 is 0 Å². The molecule has 0 bridgehead atoms. The van der Waals surface area contributed by atoms with Gasteiger partial charge in [0.25, 0.3) is 0 Å². The molecule has 0 heterocycles. The first kappa shape index (κ1) is 61.9. The number of hydrogen-bond donors (Lipinski definition) is 0. The van der Waals surface area contributed by atoms with Crippen LogP contribution in [0.1, 0.15) is 265 Å². The summed E-state index contributed by atoms with van der Waals surface area (Å²) in [5.74, 6) is -1.10. The summed E-state index contributed by atoms with van der Waals surface area (Å²) in [4.78, 5) is 38.0. The van der Waals surface area contributed by atoms with E-state index in [0.29, 0.717) is 19.3 Å². The molecule has 0 aliphatic carbocycles. The van der Waals surface area contributed by atoms with Crippen LogP contribution in [0, 0.1) is 0 Å². The van der Waals surface area contributed by atoms with Gasteiger partial charge in [-0.15, -0.1) is 0 Å². The highest BCUT2D eigenvalue weighted by Gasteiger charge is 2.19. The van der Waals surface area contributed by atoms with Gasteiger partial charge in [0, 0.05) is 19.3 Å². The molecule has 0 rings (SSSR count). The number of ether oxygens (including phenoxy) is 3. The number of esters is 3. The molecular weight excluding hydrogens is 805 g/mol. The third-order valence-corrected chi connectivity index (χ3v) is 11.7. The quantitative estimate of drug-likeness (QED) is 0.0262. The molecule has 0 saturated heterocycles. The van der Waals surface area contributed by atoms with Crippen LogP contribution in [0.15, 0.2) is 72.9 Å². The van der Waals surface area contributed by atoms with Gasteiger partial charge in [0.15, 0.2) is 6.10 Å². The Morgan fingerprint density at radius 2 is 0.554 bits per heavy atom. The van der Waals surface area contributed by atoms with E-state index in [1.54, 1.807) is 0 Å². The normalized spacial score (nSPS) is 12.6. The minimum Gasteiger partial charge on any atom is -0.462 e. The van der Waals surface area contributed by atoms with Gasteiger partial charge in [-0.3, -0.25) is 14.4 Å². The van der Waals surface area contributed by atoms with Crippen molar-refractivity contribution in [1.29, 1.82) is 0 Å². The van der Waals surface area contributed by atoms with Gasteiger partial charge in [0.2, 0.25) is 0 Å². The molecule has 0 aromatic rings. The van der Waals surface area contributed by atoms with Crippen molar-refractivity contribution < 1.29 is 28.6 Å². The SMILES string of the molecule is CCCCCC/C=C\C/C=C\C/C=C\C/C=C\CCC(=O)OCC(COC(=O)CC/C=C\CCCCCCCCCCCCC)OC(=O)CC/C=C\CCCCCCCCCCCCC. The van der Waals surface area contributed by atoms with Crippen molar-refractivity contribution in [3.8, 4) is 0 Å². The van der Waals surface area contributed by atoms with Crippen LogP contribution in [0.25, 0.3) is 0 Å². The Kier molecular flexibility index (Phi) is 50.9. The zero-order chi connectivity index (χ0) is 47.2. The molecule has 6 nitrogen and oxygen atoms in total. The van der Waals surface area contributed by atoms with E-state index in [0.717, 1.165) is 32.1 Å². The maximum Gasteiger partial charge on any atom is 0.306 e. The van der Waals surface area contributed by atoms with E-state index in [1.165, 1.54) is 173 Å². The molecule has 0 aliphatic heterocycles. The number of carbonyl (C=O) groups excluding carboxylic acids is 3. The summed E-state index contributed by atoms with van der Waals surface area (Å²) >= 11 is 0. The molecule has 374 valence electrons. The Hall–Kier alpha value is -3.15. The molecule has 6 heteroatoms. The molecule has 0 amide bonds. The third kappa shape index (κ3) is 51.7. The average molecular weight is 907 g/mol. The molecule has 1 unspecified atom stereocenters. The molecule has 0 aliphatic rings. The fourth-order valence-corrected chi connectivity index (χ4v) is 7.54. The molecule has 0 fully saturated rings. The van der Waals surface area contributed by atoms with E-state index in [1.807, 2.05) is 12.2 Å². The lowest BCUT2D eigenvalue weighted by atomic mass is 10.1. The van der Waals surface area contributed by atoms with Gasteiger partial charge < -0.3 is 14.2 Å². The standard InChI is InChI=1S/C59H102O6/c1-4-7-10-13-16-19-22-25-28-29-32-34-37-40-43-46-49-52-58(61)64-55-56(65-59(62)53-50-47-44-41-38-35-31-27-24-21-18-15-12-9-6-3)54-63-57(60)51-48-45-42-39-36-33-30-26-23-20-17-14-11-8-5-2/h19,22,28-29,34,37,42-47,56H,4-18,20-21,23-27,30-33,35-36,38-41,48-55H2,1-3H3/b22-19-,29-28-,37-34-,45-42-,46-43-,47-44-. The highest BCUT2D eigenvalue weighted by molar-refractivity contribution is 5.71. The molecule has 65 heavy (non-hydrogen) atoms. The van der Waals surface area contributed by atoms with Crippen LogP contribution in [-0.4, -0.2) is 37.2 Å². The predicted octanol–water partition coefficient (Wildman–Crippen LogP) is 18.2. The number of allylic oxidation sites excluding steroid dienone is 12. The van der Waals surface area contributed by atoms with E-state index < -0.39 is 6.10 Å². The van der Waals surface area contributed by atoms with Crippen LogP contribution in [0.2, 0.25) is 0 Å². The van der Waals surface area contributed by atoms with Gasteiger partial charge in [0.1, 0.15) is 13.2 Å². The van der Waals surface area contributed by atoms with E-state index in [-0.39, 0.29) is 50.4 Å². The molecule has 0 radical (unpaired) electrons. The number of rotatable bonds is 49. The van der Waals surface area contributed by atoms with Crippen molar-refractivity contribution in [2.45, 2.75) is 271 Å². The van der Waals surface area contributed by atoms with Crippen LogP contribution in [-0.2, 0) is 28.6 Å². The minimum absolute atomic E-state index is 0.133. The Labute approximate surface area is 402 Å². The summed E-state index contributed by atoms with van der Waals surface area (Å²) in [6, 6.07) is 0. The van der Waals surface area contributed by atoms with Crippen molar-refractivity contribution in [1.82, 2.24) is 0 Å². The van der Waals surface area contributed by atoms with Gasteiger partial charge in [-0.2, -0.15) is 0 Å². The highest BCUT2D eigenvalue weighted by Crippen LogP contribution is 2.14. The lowest BCUT2D eigenvalue weighted by Gasteiger charge is -2.18. The maximum absolute atomic E-state index is 12.8. The summed E-state index contributed by atoms with van der Waals surface area (Å²) in [6.07, 6.45) is 67.8. The second-order valence-corrected chi connectivity index (χ2v) is 18.1. The smallest absolute Gasteiger partial charge is 0.306 e. The molecule has 0 spiro atoms. The summed E-state index contributed by atoms with van der Waals surface area (Å²) < 4.78 is 16.7. The largest absolute Gasteiger partial charge is 0.462 e. The fraction of sp³-hybridized carbons (Fsp3) is 0.746. The van der Waals surface area contributed by atoms with Crippen molar-refractivity contribution in [2.75, 3.05) is 13.2 Å². The molecule has 0 N–H and O–H groups in total. The Bertz CT molecular complexity index is 1230. The van der Waals surface area contributed by atoms with Gasteiger partial charge in [-0.05, 0) is 77.0 Å². The molecular formula is C59H102O6. The number of unbranched alkanes of at least 4 members (excludes halogenated alkanes) is 26. The maximum atomic E-state index is 12.8. The van der Waals surface area contributed by atoms with E-state index in [9.17, 15) is 14.4 Å². The van der Waals surface area contributed by atoms with Crippen molar-refractivity contribution in [2.24, 2.45) is 0 Å². The Morgan fingerprint density at radius 1 is 0.308 bits per heavy atom. The topological polar surface area (TPSA) is 78.9 Å². The lowest BCUT2D eigenvalue weighted by molar-refractivity contribution is -0.166. The Morgan fingerprint density at radius 3 is 0.908 bits per heavy atom. The molecule has 0 aromatic heterocycles. The third-order valence-electron chi connectivity index (χ3n) is 11.7. The number of carbonyl (C=O) groups is 3. The van der Waals surface area contributed by atoms with Gasteiger partial charge in [-0.1, -0.05) is 241 Å². The van der Waals surface area contributed by atoms with Crippen molar-refractivity contribution >= 4 is 17.9 Å². The molecule has 0 aromatic carbocycles. The van der Waals surface area contributed by atoms with Crippen LogP contribution in [0.5, 0.6) is 0 Å². The van der Waals surface area contributed by atoms with E-state index in [4.69, 9.17) is 14.2 Å². The zero-order valence-corrected chi connectivity index (χ0v) is 42.7. The first-order chi connectivity index (χ1) is 32.0. The molecule has 1 atom stereocenters. The second-order valence-electron chi connectivity index (χ2n) is 18.1. The van der Waals surface area contributed by atoms with Gasteiger partial charge >= 0.3 is 17.9 Å². The van der Waals surface area contributed by atoms with Gasteiger partial charge in [-0.25, -0.2) is 0 Å². The summed E-state index contributed by atoms with van der Waals surface area (Å²) in [6.45, 7) is 6.50. The average Bonchev–Trinajstić information content (AvgIpc) is 3.30. The summed E-state index contributed by atoms with van der Waals surface area (Å²) in [7, 11) is 0. The van der Waals surface area contributed by atoms with Crippen LogP contribution in [0.3, 0.4) is 0 Å². The van der Waals surface area contributed by atoms with Gasteiger partial charge in [0.05, 0.1) is 0 Å². The Balaban J connectivity index is 4.54. The number of hydrogen-bond acceptors (Lipinski definition) is 6. The summed E-state index contributed by atoms with van der Waals surface area (Å²) in [5, 5.41) is 0. The predicted molar refractivity (Wildman–Crippen MR) is 279 cm³/mol. The first-order valence-corrected chi connectivity index (χ1v) is 27.4. The lowest BCUT2D eigenvalue weighted by Crippen LogP contribution is -2.30. The fourth-order valence-electron chi connectivity index (χ4n) is 7.54. The van der Waals surface area contributed by atoms with E-state index in [2.05, 4.69) is 81.5 Å². The monoisotopic (exact) mass is 907 g/mol. The minimum atomic E-state index is -0.839. The van der Waals surface area contributed by atoms with Crippen LogP contribution in [0.4, 0.5) is 0 Å². The van der Waals surface area contributed by atoms with E-state index >= 15 is 0 Å².